The number of ether oxygens (including phenoxy) is 3. The van der Waals surface area contributed by atoms with Crippen molar-refractivity contribution in [1.29, 1.82) is 0 Å². The highest BCUT2D eigenvalue weighted by molar-refractivity contribution is 7.10. The molecule has 0 saturated carbocycles. The van der Waals surface area contributed by atoms with E-state index in [0.29, 0.717) is 0 Å². The molecule has 6 unspecified atom stereocenters. The highest BCUT2D eigenvalue weighted by atomic mass is 32.1. The zero-order valence-electron chi connectivity index (χ0n) is 32.2. The fourth-order valence-corrected chi connectivity index (χ4v) is 8.86. The van der Waals surface area contributed by atoms with E-state index < -0.39 is 75.4 Å². The minimum absolute atomic E-state index is 0.0521. The minimum atomic E-state index is -1.30. The van der Waals surface area contributed by atoms with Crippen LogP contribution in [0.5, 0.6) is 0 Å². The van der Waals surface area contributed by atoms with Crippen LogP contribution in [-0.2, 0) is 90.2 Å². The lowest BCUT2D eigenvalue weighted by Crippen LogP contribution is -2.58. The average molecular weight is 885 g/mol. The molecule has 6 atom stereocenters. The largest absolute Gasteiger partial charge is 0.554 e. The Morgan fingerprint density at radius 2 is 0.800 bits per heavy atom. The van der Waals surface area contributed by atoms with Gasteiger partial charge in [0.25, 0.3) is 17.9 Å². The van der Waals surface area contributed by atoms with Crippen molar-refractivity contribution in [2.45, 2.75) is 74.7 Å². The molecule has 0 spiro atoms. The van der Waals surface area contributed by atoms with Gasteiger partial charge in [0.05, 0.1) is 96.5 Å². The maximum Gasteiger partial charge on any atom is 0.554 e. The maximum absolute atomic E-state index is 13.2. The molecule has 4 fully saturated rings. The molecule has 4 aliphatic rings. The van der Waals surface area contributed by atoms with Gasteiger partial charge in [-0.05, 0) is 34.3 Å². The van der Waals surface area contributed by atoms with E-state index in [9.17, 15) is 28.8 Å². The number of rotatable bonds is 9. The lowest BCUT2D eigenvalue weighted by Gasteiger charge is -2.33. The summed E-state index contributed by atoms with van der Waals surface area (Å²) in [7, 11) is -3.89. The molecule has 4 saturated heterocycles. The zero-order valence-corrected chi connectivity index (χ0v) is 34.7. The van der Waals surface area contributed by atoms with Crippen LogP contribution in [0.4, 0.5) is 0 Å². The van der Waals surface area contributed by atoms with Crippen LogP contribution in [0.2, 0.25) is 0 Å². The number of amides is 3. The molecule has 0 aromatic carbocycles. The molecule has 24 heteroatoms. The molecule has 318 valence electrons. The predicted molar refractivity (Wildman–Crippen MR) is 216 cm³/mol. The van der Waals surface area contributed by atoms with Crippen molar-refractivity contribution < 1.29 is 70.9 Å². The summed E-state index contributed by atoms with van der Waals surface area (Å²) in [5, 5.41) is 14.1. The van der Waals surface area contributed by atoms with E-state index in [1.807, 2.05) is 52.5 Å². The molecule has 3 N–H and O–H groups in total. The SMILES string of the molecule is O=C(Cc1cccs1)NC1COCC2CC(=O)OB(O2)C(NC(=O)Cc2cccs2)COCC2CC(=O)OB(O2)C(NC(=O)Cc2cccs2)COCC2CC(=O)OB1O2. The van der Waals surface area contributed by atoms with Crippen molar-refractivity contribution in [3.8, 4) is 0 Å². The van der Waals surface area contributed by atoms with Crippen molar-refractivity contribution in [3.63, 3.8) is 0 Å². The third-order valence-corrected chi connectivity index (χ3v) is 12.1. The Kier molecular flexibility index (Phi) is 15.8. The number of carbonyl (C=O) groups is 6. The molecule has 60 heavy (non-hydrogen) atoms. The first-order valence-electron chi connectivity index (χ1n) is 19.3. The Bertz CT molecular complexity index is 1700. The number of nitrogens with one attached hydrogen (secondary N) is 3. The molecular weight excluding hydrogens is 843 g/mol. The molecule has 4 aliphatic heterocycles. The number of hydrogen-bond acceptors (Lipinski definition) is 18. The average Bonchev–Trinajstić information content (AvgIpc) is 4.02. The lowest BCUT2D eigenvalue weighted by atomic mass is 9.76. The molecule has 3 aromatic heterocycles. The van der Waals surface area contributed by atoms with Gasteiger partial charge >= 0.3 is 21.4 Å². The second-order valence-electron chi connectivity index (χ2n) is 14.4. The summed E-state index contributed by atoms with van der Waals surface area (Å²) in [5.74, 6) is -5.98. The summed E-state index contributed by atoms with van der Waals surface area (Å²) in [4.78, 5) is 80.9. The standard InChI is InChI=1S/C36H42B3N3O15S3/c43-31(13-25-4-1-7-58-25)40-28-19-49-16-23-11-35(47)56-38(53-23)30(42-33(45)15-27-6-3-9-60-27)21-51-18-24-12-36(48)57-39(54-24)29(41-32(44)14-26-5-2-8-59-26)20-50-17-22-10-34(46)55-37(28)52-22/h1-9,22-24,28-30H,10-21H2,(H,40,43)(H,41,44)(H,42,45). The second-order valence-corrected chi connectivity index (χ2v) is 17.5. The van der Waals surface area contributed by atoms with Gasteiger partial charge in [-0.15, -0.1) is 34.0 Å². The van der Waals surface area contributed by atoms with Crippen LogP contribution in [0.25, 0.3) is 0 Å². The lowest BCUT2D eigenvalue weighted by molar-refractivity contribution is -0.147. The maximum atomic E-state index is 13.2. The van der Waals surface area contributed by atoms with E-state index in [-0.39, 0.29) is 95.9 Å². The molecule has 3 aromatic rings. The minimum Gasteiger partial charge on any atom is -0.508 e. The van der Waals surface area contributed by atoms with Crippen LogP contribution < -0.4 is 16.0 Å². The third-order valence-electron chi connectivity index (χ3n) is 9.48. The molecule has 7 heterocycles. The van der Waals surface area contributed by atoms with Gasteiger partial charge in [0.2, 0.25) is 17.7 Å². The van der Waals surface area contributed by atoms with E-state index in [1.54, 1.807) is 0 Å². The van der Waals surface area contributed by atoms with Crippen molar-refractivity contribution in [3.05, 3.63) is 67.2 Å². The fraction of sp³-hybridized carbons (Fsp3) is 0.500. The normalized spacial score (nSPS) is 25.8. The Labute approximate surface area is 358 Å². The number of fused-ring (bicyclic) bond motifs is 6. The van der Waals surface area contributed by atoms with E-state index in [0.717, 1.165) is 14.6 Å². The van der Waals surface area contributed by atoms with Crippen LogP contribution in [-0.4, -0.2) is 133 Å². The monoisotopic (exact) mass is 885 g/mol. The van der Waals surface area contributed by atoms with Crippen LogP contribution >= 0.6 is 34.0 Å². The first kappa shape index (κ1) is 43.9. The van der Waals surface area contributed by atoms with Gasteiger partial charge in [0.15, 0.2) is 0 Å². The van der Waals surface area contributed by atoms with E-state index in [2.05, 4.69) is 16.0 Å². The molecule has 0 radical (unpaired) electrons. The number of hydrogen-bond donors (Lipinski definition) is 3. The van der Waals surface area contributed by atoms with E-state index in [1.165, 1.54) is 34.0 Å². The van der Waals surface area contributed by atoms with Gasteiger partial charge in [-0.1, -0.05) is 18.2 Å². The Morgan fingerprint density at radius 3 is 1.07 bits per heavy atom. The first-order chi connectivity index (χ1) is 29.1. The zero-order chi connectivity index (χ0) is 41.8. The Morgan fingerprint density at radius 1 is 0.500 bits per heavy atom. The summed E-state index contributed by atoms with van der Waals surface area (Å²) in [5.41, 5.74) is 0. The van der Waals surface area contributed by atoms with Crippen molar-refractivity contribution in [2.75, 3.05) is 39.6 Å². The van der Waals surface area contributed by atoms with E-state index >= 15 is 0 Å². The second kappa shape index (κ2) is 21.6. The summed E-state index contributed by atoms with van der Waals surface area (Å²) in [6.45, 7) is -1.08. The topological polar surface area (TPSA) is 222 Å². The van der Waals surface area contributed by atoms with Gasteiger partial charge in [-0.25, -0.2) is 0 Å². The number of thiophene rings is 3. The molecule has 7 rings (SSSR count). The molecule has 0 aliphatic carbocycles. The van der Waals surface area contributed by atoms with Crippen LogP contribution in [0.15, 0.2) is 52.5 Å². The van der Waals surface area contributed by atoms with Crippen LogP contribution in [0.3, 0.4) is 0 Å². The van der Waals surface area contributed by atoms with Gasteiger partial charge in [-0.2, -0.15) is 0 Å². The quantitative estimate of drug-likeness (QED) is 0.249. The molecule has 6 bridgehead atoms. The fourth-order valence-electron chi connectivity index (χ4n) is 6.74. The van der Waals surface area contributed by atoms with Crippen LogP contribution in [0.1, 0.15) is 33.9 Å². The van der Waals surface area contributed by atoms with Crippen molar-refractivity contribution in [1.82, 2.24) is 16.0 Å². The first-order valence-corrected chi connectivity index (χ1v) is 22.0. The summed E-state index contributed by atoms with van der Waals surface area (Å²) >= 11 is 4.22. The van der Waals surface area contributed by atoms with E-state index in [4.69, 9.17) is 42.1 Å². The Hall–Kier alpha value is -4.13. The highest BCUT2D eigenvalue weighted by Crippen LogP contribution is 2.21. The number of carbonyl (C=O) groups excluding carboxylic acids is 6. The molecular formula is C36H42B3N3O15S3. The summed E-state index contributed by atoms with van der Waals surface area (Å²) < 4.78 is 53.2. The van der Waals surface area contributed by atoms with Gasteiger partial charge in [-0.3, -0.25) is 28.8 Å². The van der Waals surface area contributed by atoms with Crippen LogP contribution in [0, 0.1) is 0 Å². The molecule has 18 nitrogen and oxygen atoms in total. The Balaban J connectivity index is 1.11. The highest BCUT2D eigenvalue weighted by Gasteiger charge is 2.46. The summed E-state index contributed by atoms with van der Waals surface area (Å²) in [6, 6.07) is 10.9. The smallest absolute Gasteiger partial charge is 0.508 e. The van der Waals surface area contributed by atoms with Crippen molar-refractivity contribution in [2.24, 2.45) is 0 Å². The molecule has 3 amide bonds. The van der Waals surface area contributed by atoms with Crippen molar-refractivity contribution >= 4 is 91.0 Å². The van der Waals surface area contributed by atoms with Gasteiger partial charge in [0, 0.05) is 14.6 Å². The summed E-state index contributed by atoms with van der Waals surface area (Å²) in [6.07, 6.45) is -2.91. The third kappa shape index (κ3) is 13.2. The van der Waals surface area contributed by atoms with Gasteiger partial charge in [0.1, 0.15) is 17.8 Å². The predicted octanol–water partition coefficient (Wildman–Crippen LogP) is 0.495. The van der Waals surface area contributed by atoms with Gasteiger partial charge < -0.3 is 58.1 Å².